The van der Waals surface area contributed by atoms with Gasteiger partial charge in [-0.3, -0.25) is 13.8 Å². The van der Waals surface area contributed by atoms with Crippen LogP contribution in [0.4, 0.5) is 0 Å². The predicted molar refractivity (Wildman–Crippen MR) is 129 cm³/mol. The molecule has 0 aliphatic rings. The van der Waals surface area contributed by atoms with Gasteiger partial charge in [0.05, 0.1) is 54.5 Å². The second-order valence-corrected chi connectivity index (χ2v) is 10.5. The molecule has 0 aromatic heterocycles. The number of methoxy groups -OCH3 is 1. The van der Waals surface area contributed by atoms with Crippen LogP contribution >= 0.6 is 7.82 Å². The second-order valence-electron chi connectivity index (χ2n) is 9.06. The average Bonchev–Trinajstić information content (AvgIpc) is 2.71. The summed E-state index contributed by atoms with van der Waals surface area (Å²) in [5.41, 5.74) is 0. The highest BCUT2D eigenvalue weighted by Gasteiger charge is 2.31. The van der Waals surface area contributed by atoms with E-state index in [1.165, 1.54) is 0 Å². The zero-order valence-electron chi connectivity index (χ0n) is 21.0. The van der Waals surface area contributed by atoms with Crippen molar-refractivity contribution >= 4 is 13.8 Å². The van der Waals surface area contributed by atoms with Crippen LogP contribution in [0.25, 0.3) is 0 Å². The number of phosphoric ester groups is 1. The molecule has 0 radical (unpaired) electrons. The van der Waals surface area contributed by atoms with Gasteiger partial charge < -0.3 is 28.7 Å². The van der Waals surface area contributed by atoms with Crippen LogP contribution < -0.4 is 14.2 Å². The number of likely N-dealkylation sites (N-methyl/N-ethyl adjacent to an activating group) is 1. The molecule has 0 amide bonds. The first kappa shape index (κ1) is 30.2. The molecule has 196 valence electrons. The van der Waals surface area contributed by atoms with Crippen LogP contribution in [-0.4, -0.2) is 81.2 Å². The van der Waals surface area contributed by atoms with Gasteiger partial charge in [0.25, 0.3) is 0 Å². The summed E-state index contributed by atoms with van der Waals surface area (Å²) in [5.74, 6) is 0.813. The van der Waals surface area contributed by atoms with E-state index in [1.54, 1.807) is 19.2 Å². The van der Waals surface area contributed by atoms with E-state index in [9.17, 15) is 14.3 Å². The number of carbonyl (C=O) groups is 1. The standard InChI is InChI=1S/C23H40NO9P/c1-6-7-8-11-30-20-14-19(29-5)15-21(16-20)31-12-9-10-13-32-34(27,28)33-22(17-23(25)26)18-24(2,3)4/h14-16,22H,6-13,17-18H2,1-5H3,(H-,25,26,27,28)/p+1/t22-/m1/s1. The lowest BCUT2D eigenvalue weighted by molar-refractivity contribution is -0.873. The number of unbranched alkanes of at least 4 members (excludes halogenated alkanes) is 3. The van der Waals surface area contributed by atoms with E-state index in [0.717, 1.165) is 19.3 Å². The summed E-state index contributed by atoms with van der Waals surface area (Å²) in [4.78, 5) is 21.0. The van der Waals surface area contributed by atoms with Gasteiger partial charge in [0.1, 0.15) is 29.9 Å². The zero-order chi connectivity index (χ0) is 25.6. The van der Waals surface area contributed by atoms with E-state index < -0.39 is 19.9 Å². The summed E-state index contributed by atoms with van der Waals surface area (Å²) in [6.07, 6.45) is 2.91. The van der Waals surface area contributed by atoms with Gasteiger partial charge in [0.15, 0.2) is 0 Å². The summed E-state index contributed by atoms with van der Waals surface area (Å²) in [7, 11) is 2.71. The summed E-state index contributed by atoms with van der Waals surface area (Å²) in [5, 5.41) is 9.03. The van der Waals surface area contributed by atoms with E-state index in [4.69, 9.17) is 28.4 Å². The van der Waals surface area contributed by atoms with Crippen molar-refractivity contribution < 1.29 is 47.1 Å². The van der Waals surface area contributed by atoms with Gasteiger partial charge >= 0.3 is 13.8 Å². The first-order valence-corrected chi connectivity index (χ1v) is 13.1. The van der Waals surface area contributed by atoms with E-state index in [1.807, 2.05) is 27.2 Å². The molecule has 2 N–H and O–H groups in total. The number of nitrogens with zero attached hydrogens (tertiary/aromatic N) is 1. The molecule has 1 aromatic rings. The molecule has 1 rings (SSSR count). The molecule has 0 spiro atoms. The van der Waals surface area contributed by atoms with Gasteiger partial charge in [-0.15, -0.1) is 0 Å². The number of carboxylic acids is 1. The summed E-state index contributed by atoms with van der Waals surface area (Å²) < 4.78 is 39.6. The third kappa shape index (κ3) is 14.4. The van der Waals surface area contributed by atoms with Gasteiger partial charge in [-0.1, -0.05) is 19.8 Å². The predicted octanol–water partition coefficient (Wildman–Crippen LogP) is 4.11. The minimum atomic E-state index is -4.38. The molecule has 34 heavy (non-hydrogen) atoms. The number of hydrogen-bond donors (Lipinski definition) is 2. The van der Waals surface area contributed by atoms with Crippen LogP contribution in [0.2, 0.25) is 0 Å². The first-order valence-electron chi connectivity index (χ1n) is 11.6. The van der Waals surface area contributed by atoms with E-state index in [2.05, 4.69) is 6.92 Å². The highest BCUT2D eigenvalue weighted by molar-refractivity contribution is 7.47. The van der Waals surface area contributed by atoms with Crippen molar-refractivity contribution in [3.63, 3.8) is 0 Å². The summed E-state index contributed by atoms with van der Waals surface area (Å²) in [6, 6.07) is 5.38. The first-order chi connectivity index (χ1) is 15.9. The fourth-order valence-corrected chi connectivity index (χ4v) is 4.04. The molecule has 11 heteroatoms. The quantitative estimate of drug-likeness (QED) is 0.162. The lowest BCUT2D eigenvalue weighted by Gasteiger charge is -2.29. The van der Waals surface area contributed by atoms with Crippen molar-refractivity contribution in [3.8, 4) is 17.2 Å². The SMILES string of the molecule is CCCCCOc1cc(OC)cc(OCCCCOP(=O)(O)O[C@H](CC(=O)O)C[N+](C)(C)C)c1. The molecule has 10 nitrogen and oxygen atoms in total. The molecule has 0 aliphatic carbocycles. The van der Waals surface area contributed by atoms with E-state index in [0.29, 0.717) is 47.8 Å². The Balaban J connectivity index is 2.44. The number of phosphoric acid groups is 1. The maximum absolute atomic E-state index is 12.2. The molecule has 0 saturated carbocycles. The normalized spacial score (nSPS) is 14.3. The lowest BCUT2D eigenvalue weighted by Crippen LogP contribution is -2.42. The van der Waals surface area contributed by atoms with Crippen LogP contribution in [0.3, 0.4) is 0 Å². The maximum atomic E-state index is 12.2. The van der Waals surface area contributed by atoms with Crippen molar-refractivity contribution in [2.75, 3.05) is 54.6 Å². The van der Waals surface area contributed by atoms with Gasteiger partial charge in [-0.25, -0.2) is 4.57 Å². The third-order valence-corrected chi connectivity index (χ3v) is 5.68. The van der Waals surface area contributed by atoms with Gasteiger partial charge in [0.2, 0.25) is 0 Å². The van der Waals surface area contributed by atoms with Crippen LogP contribution in [-0.2, 0) is 18.4 Å². The number of quaternary nitrogens is 1. The number of aliphatic carboxylic acids is 1. The fourth-order valence-electron chi connectivity index (χ4n) is 3.11. The number of rotatable bonds is 19. The Kier molecular flexibility index (Phi) is 13.5. The van der Waals surface area contributed by atoms with Crippen molar-refractivity contribution in [2.24, 2.45) is 0 Å². The molecule has 0 aliphatic heterocycles. The van der Waals surface area contributed by atoms with Gasteiger partial charge in [0, 0.05) is 18.2 Å². The largest absolute Gasteiger partial charge is 0.496 e. The third-order valence-electron chi connectivity index (χ3n) is 4.60. The fraction of sp³-hybridized carbons (Fsp3) is 0.696. The summed E-state index contributed by atoms with van der Waals surface area (Å²) >= 11 is 0. The minimum absolute atomic E-state index is 0.0226. The highest BCUT2D eigenvalue weighted by Crippen LogP contribution is 2.45. The van der Waals surface area contributed by atoms with Crippen molar-refractivity contribution in [3.05, 3.63) is 18.2 Å². The molecular weight excluding hydrogens is 465 g/mol. The summed E-state index contributed by atoms with van der Waals surface area (Å²) in [6.45, 7) is 3.36. The van der Waals surface area contributed by atoms with E-state index >= 15 is 0 Å². The molecule has 0 bridgehead atoms. The zero-order valence-corrected chi connectivity index (χ0v) is 21.9. The molecular formula is C23H41NO9P+. The highest BCUT2D eigenvalue weighted by atomic mass is 31.2. The Morgan fingerprint density at radius 1 is 0.971 bits per heavy atom. The maximum Gasteiger partial charge on any atom is 0.472 e. The van der Waals surface area contributed by atoms with Crippen molar-refractivity contribution in [1.82, 2.24) is 0 Å². The van der Waals surface area contributed by atoms with Crippen molar-refractivity contribution in [1.29, 1.82) is 0 Å². The lowest BCUT2D eigenvalue weighted by atomic mass is 10.2. The number of ether oxygens (including phenoxy) is 3. The second kappa shape index (κ2) is 15.2. The molecule has 1 aromatic carbocycles. The minimum Gasteiger partial charge on any atom is -0.496 e. The van der Waals surface area contributed by atoms with Crippen LogP contribution in [0.1, 0.15) is 45.4 Å². The van der Waals surface area contributed by atoms with Crippen molar-refractivity contribution in [2.45, 2.75) is 51.6 Å². The Labute approximate surface area is 202 Å². The van der Waals surface area contributed by atoms with Crippen LogP contribution in [0.5, 0.6) is 17.2 Å². The Bertz CT molecular complexity index is 782. The molecule has 1 unspecified atom stereocenters. The monoisotopic (exact) mass is 506 g/mol. The van der Waals surface area contributed by atoms with Crippen LogP contribution in [0.15, 0.2) is 18.2 Å². The molecule has 0 heterocycles. The van der Waals surface area contributed by atoms with Gasteiger partial charge in [-0.05, 0) is 19.3 Å². The average molecular weight is 507 g/mol. The van der Waals surface area contributed by atoms with Crippen LogP contribution in [0, 0.1) is 0 Å². The Morgan fingerprint density at radius 2 is 1.50 bits per heavy atom. The molecule has 0 saturated heterocycles. The van der Waals surface area contributed by atoms with E-state index in [-0.39, 0.29) is 19.6 Å². The number of carboxylic acid groups (broad SMARTS) is 1. The van der Waals surface area contributed by atoms with Gasteiger partial charge in [-0.2, -0.15) is 0 Å². The molecule has 2 atom stereocenters. The number of hydrogen-bond acceptors (Lipinski definition) is 7. The Morgan fingerprint density at radius 3 is 2.00 bits per heavy atom. The topological polar surface area (TPSA) is 121 Å². The smallest absolute Gasteiger partial charge is 0.472 e. The molecule has 0 fully saturated rings. The Hall–Kier alpha value is -1.84. The number of benzene rings is 1.